The lowest BCUT2D eigenvalue weighted by Crippen LogP contribution is -2.40. The van der Waals surface area contributed by atoms with E-state index in [1.54, 1.807) is 25.1 Å². The summed E-state index contributed by atoms with van der Waals surface area (Å²) in [5.41, 5.74) is 8.97. The van der Waals surface area contributed by atoms with Crippen molar-refractivity contribution in [3.05, 3.63) is 89.0 Å². The predicted molar refractivity (Wildman–Crippen MR) is 120 cm³/mol. The van der Waals surface area contributed by atoms with E-state index in [1.165, 1.54) is 6.07 Å². The number of anilines is 2. The number of aryl methyl sites for hydroxylation is 1. The molecule has 1 atom stereocenters. The normalized spacial score (nSPS) is 17.1. The van der Waals surface area contributed by atoms with E-state index < -0.39 is 27.6 Å². The topological polar surface area (TPSA) is 79.5 Å². The molecule has 4 rings (SSSR count). The Morgan fingerprint density at radius 2 is 1.88 bits per heavy atom. The minimum absolute atomic E-state index is 0.0579. The molecule has 0 spiro atoms. The average Bonchev–Trinajstić information content (AvgIpc) is 2.95. The number of nitrogen functional groups attached to an aromatic ring is 1. The first-order chi connectivity index (χ1) is 15.7. The molecule has 3 aromatic rings. The number of nitrogens with two attached hydrogens (primary N) is 1. The number of nitrogens with zero attached hydrogens (tertiary/aromatic N) is 3. The second kappa shape index (κ2) is 9.03. The van der Waals surface area contributed by atoms with Gasteiger partial charge in [-0.3, -0.25) is 4.98 Å². The molecule has 174 valence electrons. The molecule has 1 unspecified atom stereocenters. The molecule has 1 aliphatic heterocycles. The lowest BCUT2D eigenvalue weighted by Gasteiger charge is -2.34. The number of rotatable bonds is 5. The van der Waals surface area contributed by atoms with Gasteiger partial charge in [-0.25, -0.2) is 12.8 Å². The van der Waals surface area contributed by atoms with Gasteiger partial charge in [-0.1, -0.05) is 42.5 Å². The number of halogens is 3. The van der Waals surface area contributed by atoms with Gasteiger partial charge in [0.15, 0.2) is 5.82 Å². The lowest BCUT2D eigenvalue weighted by molar-refractivity contribution is 0.216. The monoisotopic (exact) mass is 476 g/mol. The van der Waals surface area contributed by atoms with Crippen LogP contribution in [0.15, 0.2) is 60.8 Å². The van der Waals surface area contributed by atoms with Crippen LogP contribution in [-0.4, -0.2) is 30.0 Å². The van der Waals surface area contributed by atoms with Gasteiger partial charge >= 0.3 is 5.76 Å². The fourth-order valence-corrected chi connectivity index (χ4v) is 4.97. The fourth-order valence-electron chi connectivity index (χ4n) is 4.09. The Morgan fingerprint density at radius 3 is 2.55 bits per heavy atom. The van der Waals surface area contributed by atoms with Crippen LogP contribution in [0.4, 0.5) is 24.5 Å². The molecule has 10 heteroatoms. The number of pyridine rings is 1. The summed E-state index contributed by atoms with van der Waals surface area (Å²) in [7, 11) is -4.84. The summed E-state index contributed by atoms with van der Waals surface area (Å²) in [6, 6.07) is 15.3. The van der Waals surface area contributed by atoms with Gasteiger partial charge in [0.1, 0.15) is 0 Å². The molecule has 2 aromatic carbocycles. The number of hydrogen-bond donors (Lipinski definition) is 1. The van der Waals surface area contributed by atoms with Crippen molar-refractivity contribution < 1.29 is 21.6 Å². The maximum atomic E-state index is 13.7. The summed E-state index contributed by atoms with van der Waals surface area (Å²) in [6.45, 7) is 1.60. The van der Waals surface area contributed by atoms with Crippen molar-refractivity contribution >= 4 is 21.4 Å². The summed E-state index contributed by atoms with van der Waals surface area (Å²) in [4.78, 5) is 6.05. The van der Waals surface area contributed by atoms with E-state index in [0.29, 0.717) is 16.9 Å². The lowest BCUT2D eigenvalue weighted by atomic mass is 10.0. The second-order valence-corrected chi connectivity index (χ2v) is 9.82. The van der Waals surface area contributed by atoms with Crippen LogP contribution in [0.2, 0.25) is 0 Å². The molecule has 33 heavy (non-hydrogen) atoms. The van der Waals surface area contributed by atoms with Crippen LogP contribution in [0.25, 0.3) is 0 Å². The van der Waals surface area contributed by atoms with Crippen molar-refractivity contribution in [2.45, 2.75) is 31.8 Å². The number of sulfonamides is 1. The summed E-state index contributed by atoms with van der Waals surface area (Å²) in [6.07, 6.45) is 1.03. The molecule has 0 bridgehead atoms. The Labute approximate surface area is 190 Å². The third kappa shape index (κ3) is 4.53. The predicted octanol–water partition coefficient (Wildman–Crippen LogP) is 4.23. The molecule has 2 heterocycles. The van der Waals surface area contributed by atoms with E-state index >= 15 is 0 Å². The van der Waals surface area contributed by atoms with Crippen molar-refractivity contribution in [1.82, 2.24) is 9.29 Å². The zero-order chi connectivity index (χ0) is 23.8. The molecule has 1 aliphatic rings. The first kappa shape index (κ1) is 23.1. The Kier molecular flexibility index (Phi) is 6.31. The quantitative estimate of drug-likeness (QED) is 0.596. The zero-order valence-corrected chi connectivity index (χ0v) is 18.6. The first-order valence-corrected chi connectivity index (χ1v) is 11.8. The number of hydrogen-bond acceptors (Lipinski definition) is 5. The third-order valence-corrected chi connectivity index (χ3v) is 7.27. The van der Waals surface area contributed by atoms with Crippen LogP contribution in [0.3, 0.4) is 0 Å². The maximum Gasteiger partial charge on any atom is 0.350 e. The van der Waals surface area contributed by atoms with Crippen LogP contribution in [0.1, 0.15) is 28.4 Å². The maximum absolute atomic E-state index is 13.7. The highest BCUT2D eigenvalue weighted by Gasteiger charge is 2.39. The minimum Gasteiger partial charge on any atom is -0.396 e. The van der Waals surface area contributed by atoms with Crippen molar-refractivity contribution in [3.63, 3.8) is 0 Å². The van der Waals surface area contributed by atoms with Gasteiger partial charge in [0.2, 0.25) is 0 Å². The molecule has 6 nitrogen and oxygen atoms in total. The largest absolute Gasteiger partial charge is 0.396 e. The third-order valence-electron chi connectivity index (χ3n) is 5.83. The van der Waals surface area contributed by atoms with Crippen molar-refractivity contribution in [2.24, 2.45) is 0 Å². The number of alkyl halides is 2. The highest BCUT2D eigenvalue weighted by atomic mass is 32.2. The van der Waals surface area contributed by atoms with Crippen molar-refractivity contribution in [3.8, 4) is 0 Å². The molecular formula is C23H23F3N4O2S. The standard InChI is InChI=1S/C23H23F3N4O2S/c1-15-6-5-9-21-18(15)13-29(33(31,32)23(25)26)14-22(16-7-3-2-4-8-16)30(21)12-17-10-20(27)19(24)11-28-17/h2-11,22-23H,12-14H2,1H3,(H2,27,28). The second-order valence-electron chi connectivity index (χ2n) is 7.92. The summed E-state index contributed by atoms with van der Waals surface area (Å²) >= 11 is 0. The van der Waals surface area contributed by atoms with Crippen molar-refractivity contribution in [1.29, 1.82) is 0 Å². The molecule has 0 radical (unpaired) electrons. The van der Waals surface area contributed by atoms with E-state index in [9.17, 15) is 21.6 Å². The smallest absolute Gasteiger partial charge is 0.350 e. The van der Waals surface area contributed by atoms with E-state index in [4.69, 9.17) is 5.73 Å². The minimum atomic E-state index is -4.84. The number of benzene rings is 2. The Bertz CT molecular complexity index is 1260. The molecule has 0 saturated heterocycles. The number of fused-ring (bicyclic) bond motifs is 1. The summed E-state index contributed by atoms with van der Waals surface area (Å²) in [5, 5.41) is 0. The zero-order valence-electron chi connectivity index (χ0n) is 17.8. The highest BCUT2D eigenvalue weighted by Crippen LogP contribution is 2.39. The van der Waals surface area contributed by atoms with Gasteiger partial charge in [-0.15, -0.1) is 0 Å². The number of aromatic nitrogens is 1. The summed E-state index contributed by atoms with van der Waals surface area (Å²) < 4.78 is 66.8. The molecule has 0 saturated carbocycles. The van der Waals surface area contributed by atoms with Crippen molar-refractivity contribution in [2.75, 3.05) is 17.2 Å². The highest BCUT2D eigenvalue weighted by molar-refractivity contribution is 7.89. The van der Waals surface area contributed by atoms with E-state index in [2.05, 4.69) is 4.98 Å². The Balaban J connectivity index is 1.89. The average molecular weight is 477 g/mol. The molecule has 0 amide bonds. The first-order valence-electron chi connectivity index (χ1n) is 10.3. The Morgan fingerprint density at radius 1 is 1.15 bits per heavy atom. The van der Waals surface area contributed by atoms with Gasteiger partial charge < -0.3 is 10.6 Å². The van der Waals surface area contributed by atoms with E-state index in [-0.39, 0.29) is 25.3 Å². The molecule has 1 aromatic heterocycles. The van der Waals surface area contributed by atoms with Gasteiger partial charge in [-0.2, -0.15) is 13.1 Å². The van der Waals surface area contributed by atoms with E-state index in [1.807, 2.05) is 35.2 Å². The van der Waals surface area contributed by atoms with Crippen LogP contribution < -0.4 is 10.6 Å². The summed E-state index contributed by atoms with van der Waals surface area (Å²) in [5.74, 6) is -4.17. The van der Waals surface area contributed by atoms with E-state index in [0.717, 1.165) is 21.6 Å². The molecule has 2 N–H and O–H groups in total. The van der Waals surface area contributed by atoms with Gasteiger partial charge in [-0.05, 0) is 35.7 Å². The van der Waals surface area contributed by atoms with Gasteiger partial charge in [0, 0.05) is 18.8 Å². The van der Waals surface area contributed by atoms with Gasteiger partial charge in [0.05, 0.1) is 30.2 Å². The van der Waals surface area contributed by atoms with Crippen LogP contribution >= 0.6 is 0 Å². The van der Waals surface area contributed by atoms with Crippen LogP contribution in [-0.2, 0) is 23.1 Å². The SMILES string of the molecule is Cc1cccc2c1CN(S(=O)(=O)C(F)F)CC(c1ccccc1)N2Cc1cc(N)c(F)cn1. The fraction of sp³-hybridized carbons (Fsp3) is 0.261. The molecule has 0 aliphatic carbocycles. The Hall–Kier alpha value is -3.11. The molecular weight excluding hydrogens is 453 g/mol. The van der Waals surface area contributed by atoms with Gasteiger partial charge in [0.25, 0.3) is 10.0 Å². The molecule has 0 fully saturated rings. The van der Waals surface area contributed by atoms with Crippen LogP contribution in [0, 0.1) is 12.7 Å². The van der Waals surface area contributed by atoms with Crippen LogP contribution in [0.5, 0.6) is 0 Å².